The molecule has 31 heavy (non-hydrogen) atoms. The van der Waals surface area contributed by atoms with Crippen LogP contribution in [0, 0.1) is 6.92 Å². The lowest BCUT2D eigenvalue weighted by molar-refractivity contribution is -0.114. The Morgan fingerprint density at radius 1 is 1.03 bits per heavy atom. The molecule has 2 aromatic carbocycles. The standard InChI is InChI=1S/C22H18BrN5O2S/c1-13-19(11-24-28(13)18-9-5-16(23)6-10-18)21(30)27-22-26-20(12-31-22)15-3-7-17(8-4-15)25-14(2)29/h3-12H,1-2H3,(H,25,29)(H,26,27,30). The van der Waals surface area contributed by atoms with Crippen molar-refractivity contribution in [2.45, 2.75) is 13.8 Å². The number of amides is 2. The van der Waals surface area contributed by atoms with Gasteiger partial charge in [-0.3, -0.25) is 14.9 Å². The summed E-state index contributed by atoms with van der Waals surface area (Å²) in [6.07, 6.45) is 1.56. The molecule has 0 aliphatic heterocycles. The minimum atomic E-state index is -0.261. The second-order valence-electron chi connectivity index (χ2n) is 6.78. The van der Waals surface area contributed by atoms with Crippen LogP contribution in [-0.4, -0.2) is 26.6 Å². The van der Waals surface area contributed by atoms with Gasteiger partial charge >= 0.3 is 0 Å². The summed E-state index contributed by atoms with van der Waals surface area (Å²) in [5.74, 6) is -0.382. The summed E-state index contributed by atoms with van der Waals surface area (Å²) in [7, 11) is 0. The average molecular weight is 496 g/mol. The average Bonchev–Trinajstić information content (AvgIpc) is 3.35. The Hall–Kier alpha value is -3.30. The Morgan fingerprint density at radius 3 is 2.42 bits per heavy atom. The van der Waals surface area contributed by atoms with Gasteiger partial charge < -0.3 is 5.32 Å². The summed E-state index contributed by atoms with van der Waals surface area (Å²) in [6, 6.07) is 15.1. The maximum atomic E-state index is 12.8. The van der Waals surface area contributed by atoms with Gasteiger partial charge in [0.1, 0.15) is 0 Å². The zero-order valence-electron chi connectivity index (χ0n) is 16.7. The molecule has 0 atom stereocenters. The molecule has 2 amide bonds. The Bertz CT molecular complexity index is 1250. The fourth-order valence-corrected chi connectivity index (χ4v) is 4.01. The van der Waals surface area contributed by atoms with Crippen molar-refractivity contribution in [2.75, 3.05) is 10.6 Å². The van der Waals surface area contributed by atoms with E-state index in [-0.39, 0.29) is 11.8 Å². The Kier molecular flexibility index (Phi) is 5.97. The molecule has 2 heterocycles. The van der Waals surface area contributed by atoms with Crippen molar-refractivity contribution in [3.05, 3.63) is 75.8 Å². The zero-order chi connectivity index (χ0) is 22.0. The molecule has 0 unspecified atom stereocenters. The molecule has 0 spiro atoms. The van der Waals surface area contributed by atoms with E-state index in [4.69, 9.17) is 0 Å². The number of hydrogen-bond donors (Lipinski definition) is 2. The molecule has 156 valence electrons. The summed E-state index contributed by atoms with van der Waals surface area (Å²) in [5, 5.41) is 12.3. The molecular formula is C22H18BrN5O2S. The minimum Gasteiger partial charge on any atom is -0.326 e. The normalized spacial score (nSPS) is 10.7. The molecule has 0 saturated heterocycles. The molecule has 0 fully saturated rings. The summed E-state index contributed by atoms with van der Waals surface area (Å²) < 4.78 is 2.70. The first-order chi connectivity index (χ1) is 14.9. The van der Waals surface area contributed by atoms with Crippen molar-refractivity contribution >= 4 is 49.9 Å². The summed E-state index contributed by atoms with van der Waals surface area (Å²) in [6.45, 7) is 3.32. The van der Waals surface area contributed by atoms with Gasteiger partial charge in [0, 0.05) is 28.0 Å². The highest BCUT2D eigenvalue weighted by Crippen LogP contribution is 2.27. The first-order valence-corrected chi connectivity index (χ1v) is 11.0. The van der Waals surface area contributed by atoms with Crippen molar-refractivity contribution in [1.82, 2.24) is 14.8 Å². The van der Waals surface area contributed by atoms with Gasteiger partial charge in [0.25, 0.3) is 5.91 Å². The number of thiazole rings is 1. The first-order valence-electron chi connectivity index (χ1n) is 9.36. The number of anilines is 2. The molecule has 2 aromatic heterocycles. The predicted molar refractivity (Wildman–Crippen MR) is 126 cm³/mol. The smallest absolute Gasteiger partial charge is 0.260 e. The maximum Gasteiger partial charge on any atom is 0.260 e. The van der Waals surface area contributed by atoms with Gasteiger partial charge in [0.05, 0.1) is 28.8 Å². The molecule has 4 rings (SSSR count). The van der Waals surface area contributed by atoms with E-state index >= 15 is 0 Å². The fourth-order valence-electron chi connectivity index (χ4n) is 3.03. The monoisotopic (exact) mass is 495 g/mol. The van der Waals surface area contributed by atoms with Crippen molar-refractivity contribution < 1.29 is 9.59 Å². The molecule has 9 heteroatoms. The lowest BCUT2D eigenvalue weighted by Crippen LogP contribution is -2.13. The number of nitrogens with one attached hydrogen (secondary N) is 2. The summed E-state index contributed by atoms with van der Waals surface area (Å²) >= 11 is 4.77. The van der Waals surface area contributed by atoms with Crippen molar-refractivity contribution in [3.8, 4) is 16.9 Å². The highest BCUT2D eigenvalue weighted by molar-refractivity contribution is 9.10. The molecule has 0 aliphatic rings. The van der Waals surface area contributed by atoms with E-state index < -0.39 is 0 Å². The van der Waals surface area contributed by atoms with E-state index in [2.05, 4.69) is 36.6 Å². The van der Waals surface area contributed by atoms with Crippen LogP contribution in [0.15, 0.2) is 64.6 Å². The Labute approximate surface area is 191 Å². The second kappa shape index (κ2) is 8.83. The van der Waals surface area contributed by atoms with E-state index in [0.29, 0.717) is 10.7 Å². The number of rotatable bonds is 5. The number of carbonyl (C=O) groups excluding carboxylic acids is 2. The third-order valence-electron chi connectivity index (χ3n) is 4.55. The van der Waals surface area contributed by atoms with E-state index in [9.17, 15) is 9.59 Å². The quantitative estimate of drug-likeness (QED) is 0.394. The van der Waals surface area contributed by atoms with Crippen LogP contribution in [0.2, 0.25) is 0 Å². The highest BCUT2D eigenvalue weighted by atomic mass is 79.9. The largest absolute Gasteiger partial charge is 0.326 e. The van der Waals surface area contributed by atoms with Crippen molar-refractivity contribution in [2.24, 2.45) is 0 Å². The second-order valence-corrected chi connectivity index (χ2v) is 8.56. The van der Waals surface area contributed by atoms with Gasteiger partial charge in [0.15, 0.2) is 5.13 Å². The summed E-state index contributed by atoms with van der Waals surface area (Å²) in [5.41, 5.74) is 4.46. The van der Waals surface area contributed by atoms with E-state index in [0.717, 1.165) is 32.8 Å². The third kappa shape index (κ3) is 4.73. The fraction of sp³-hybridized carbons (Fsp3) is 0.0909. The predicted octanol–water partition coefficient (Wildman–Crippen LogP) is 5.28. The first kappa shape index (κ1) is 21.0. The van der Waals surface area contributed by atoms with Crippen LogP contribution >= 0.6 is 27.3 Å². The van der Waals surface area contributed by atoms with Crippen LogP contribution in [0.4, 0.5) is 10.8 Å². The molecule has 2 N–H and O–H groups in total. The van der Waals surface area contributed by atoms with Gasteiger partial charge in [-0.2, -0.15) is 5.10 Å². The number of hydrogen-bond acceptors (Lipinski definition) is 5. The third-order valence-corrected chi connectivity index (χ3v) is 5.84. The molecule has 4 aromatic rings. The maximum absolute atomic E-state index is 12.8. The Balaban J connectivity index is 1.48. The van der Waals surface area contributed by atoms with Crippen LogP contribution in [-0.2, 0) is 4.79 Å². The van der Waals surface area contributed by atoms with Crippen LogP contribution in [0.3, 0.4) is 0 Å². The number of carbonyl (C=O) groups is 2. The number of aromatic nitrogens is 3. The molecule has 0 saturated carbocycles. The van der Waals surface area contributed by atoms with Crippen LogP contribution < -0.4 is 10.6 Å². The van der Waals surface area contributed by atoms with Gasteiger partial charge in [-0.1, -0.05) is 28.1 Å². The van der Waals surface area contributed by atoms with Crippen LogP contribution in [0.5, 0.6) is 0 Å². The Morgan fingerprint density at radius 2 is 1.74 bits per heavy atom. The molecule has 0 aliphatic carbocycles. The van der Waals surface area contributed by atoms with Gasteiger partial charge in [-0.15, -0.1) is 11.3 Å². The van der Waals surface area contributed by atoms with E-state index in [1.54, 1.807) is 10.9 Å². The summed E-state index contributed by atoms with van der Waals surface area (Å²) in [4.78, 5) is 28.4. The minimum absolute atomic E-state index is 0.120. The molecular weight excluding hydrogens is 478 g/mol. The number of nitrogens with zero attached hydrogens (tertiary/aromatic N) is 3. The molecule has 0 bridgehead atoms. The molecule has 7 nitrogen and oxygen atoms in total. The SMILES string of the molecule is CC(=O)Nc1ccc(-c2csc(NC(=O)c3cnn(-c4ccc(Br)cc4)c3C)n2)cc1. The van der Waals surface area contributed by atoms with Gasteiger partial charge in [-0.25, -0.2) is 9.67 Å². The van der Waals surface area contributed by atoms with Crippen LogP contribution in [0.25, 0.3) is 16.9 Å². The van der Waals surface area contributed by atoms with E-state index in [1.807, 2.05) is 60.8 Å². The zero-order valence-corrected chi connectivity index (χ0v) is 19.1. The number of benzene rings is 2. The topological polar surface area (TPSA) is 88.9 Å². The lowest BCUT2D eigenvalue weighted by Gasteiger charge is -2.06. The number of halogens is 1. The van der Waals surface area contributed by atoms with Crippen LogP contribution in [0.1, 0.15) is 23.0 Å². The molecule has 0 radical (unpaired) electrons. The van der Waals surface area contributed by atoms with Crippen molar-refractivity contribution in [3.63, 3.8) is 0 Å². The van der Waals surface area contributed by atoms with Gasteiger partial charge in [-0.05, 0) is 43.3 Å². The van der Waals surface area contributed by atoms with E-state index in [1.165, 1.54) is 18.3 Å². The highest BCUT2D eigenvalue weighted by Gasteiger charge is 2.17. The van der Waals surface area contributed by atoms with Crippen molar-refractivity contribution in [1.29, 1.82) is 0 Å². The lowest BCUT2D eigenvalue weighted by atomic mass is 10.1. The van der Waals surface area contributed by atoms with Gasteiger partial charge in [0.2, 0.25) is 5.91 Å².